The van der Waals surface area contributed by atoms with Crippen molar-refractivity contribution in [3.05, 3.63) is 36.0 Å². The highest BCUT2D eigenvalue weighted by Crippen LogP contribution is 2.37. The number of piperidine rings is 3. The van der Waals surface area contributed by atoms with E-state index in [0.717, 1.165) is 38.0 Å². The van der Waals surface area contributed by atoms with Gasteiger partial charge in [-0.2, -0.15) is 0 Å². The molecule has 5 aliphatic rings. The summed E-state index contributed by atoms with van der Waals surface area (Å²) in [5.74, 6) is -0.286. The monoisotopic (exact) mass is 646 g/mol. The molecule has 46 heavy (non-hydrogen) atoms. The Kier molecular flexibility index (Phi) is 12.9. The molecule has 260 valence electrons. The highest BCUT2D eigenvalue weighted by Gasteiger charge is 2.47. The van der Waals surface area contributed by atoms with Gasteiger partial charge in [0.25, 0.3) is 0 Å². The second kappa shape index (κ2) is 16.2. The maximum atomic E-state index is 13.0. The number of allylic oxidation sites excluding steroid dienone is 2. The van der Waals surface area contributed by atoms with Gasteiger partial charge in [-0.15, -0.1) is 0 Å². The van der Waals surface area contributed by atoms with Crippen molar-refractivity contribution in [2.75, 3.05) is 19.6 Å². The summed E-state index contributed by atoms with van der Waals surface area (Å²) >= 11 is 0. The average molecular weight is 647 g/mol. The SMILES string of the molecule is CCC(O)C(C)C1OC1CC(C)(O)/C=C/C=C(\C)C1OC(=O)CC(O)CCC(C)C(OC(=O)NC2CN3CCC2CC3)/C=C\C1C. The lowest BCUT2D eigenvalue weighted by atomic mass is 9.84. The van der Waals surface area contributed by atoms with E-state index in [-0.39, 0.29) is 42.4 Å². The zero-order valence-electron chi connectivity index (χ0n) is 28.6. The van der Waals surface area contributed by atoms with Gasteiger partial charge < -0.3 is 39.7 Å². The van der Waals surface area contributed by atoms with Gasteiger partial charge in [-0.3, -0.25) is 4.79 Å². The summed E-state index contributed by atoms with van der Waals surface area (Å²) in [6.45, 7) is 14.5. The molecule has 11 unspecified atom stereocenters. The molecule has 0 aliphatic carbocycles. The molecule has 4 saturated heterocycles. The number of hydrogen-bond donors (Lipinski definition) is 4. The predicted molar refractivity (Wildman–Crippen MR) is 176 cm³/mol. The maximum absolute atomic E-state index is 13.0. The van der Waals surface area contributed by atoms with Crippen LogP contribution in [-0.2, 0) is 19.0 Å². The van der Waals surface area contributed by atoms with Gasteiger partial charge in [0.15, 0.2) is 0 Å². The number of hydrogen-bond acceptors (Lipinski definition) is 9. The zero-order valence-corrected chi connectivity index (χ0v) is 28.6. The fourth-order valence-electron chi connectivity index (χ4n) is 7.24. The van der Waals surface area contributed by atoms with Crippen LogP contribution < -0.4 is 5.32 Å². The lowest BCUT2D eigenvalue weighted by molar-refractivity contribution is -0.151. The van der Waals surface area contributed by atoms with Crippen LogP contribution in [0.1, 0.15) is 86.5 Å². The molecule has 0 saturated carbocycles. The first-order valence-corrected chi connectivity index (χ1v) is 17.4. The second-order valence-electron chi connectivity index (χ2n) is 14.6. The van der Waals surface area contributed by atoms with Crippen LogP contribution >= 0.6 is 0 Å². The van der Waals surface area contributed by atoms with E-state index in [4.69, 9.17) is 14.2 Å². The number of aliphatic hydroxyl groups excluding tert-OH is 2. The number of amides is 1. The summed E-state index contributed by atoms with van der Waals surface area (Å²) < 4.78 is 17.6. The Morgan fingerprint density at radius 1 is 1.22 bits per heavy atom. The number of carbonyl (C=O) groups excluding carboxylic acids is 2. The van der Waals surface area contributed by atoms with Gasteiger partial charge in [0, 0.05) is 30.8 Å². The summed E-state index contributed by atoms with van der Waals surface area (Å²) in [4.78, 5) is 28.2. The van der Waals surface area contributed by atoms with Gasteiger partial charge in [0.2, 0.25) is 0 Å². The maximum Gasteiger partial charge on any atom is 0.408 e. The first kappa shape index (κ1) is 36.6. The third kappa shape index (κ3) is 10.4. The van der Waals surface area contributed by atoms with Crippen LogP contribution in [0.2, 0.25) is 0 Å². The van der Waals surface area contributed by atoms with Gasteiger partial charge in [-0.25, -0.2) is 4.79 Å². The molecule has 10 heteroatoms. The minimum atomic E-state index is -1.12. The molecule has 5 aliphatic heterocycles. The number of cyclic esters (lactones) is 1. The molecular weight excluding hydrogens is 588 g/mol. The molecule has 0 aromatic heterocycles. The van der Waals surface area contributed by atoms with Crippen LogP contribution in [0.15, 0.2) is 36.0 Å². The number of nitrogens with zero attached hydrogens (tertiary/aromatic N) is 1. The van der Waals surface area contributed by atoms with Gasteiger partial charge >= 0.3 is 12.1 Å². The number of carbonyl (C=O) groups is 2. The molecule has 1 amide bonds. The number of aliphatic hydroxyl groups is 3. The van der Waals surface area contributed by atoms with Crippen LogP contribution in [0.25, 0.3) is 0 Å². The number of rotatable bonds is 10. The summed E-state index contributed by atoms with van der Waals surface area (Å²) in [5.41, 5.74) is -0.350. The molecule has 11 atom stereocenters. The fourth-order valence-corrected chi connectivity index (χ4v) is 7.24. The van der Waals surface area contributed by atoms with Crippen molar-refractivity contribution in [3.63, 3.8) is 0 Å². The number of ether oxygens (including phenoxy) is 3. The average Bonchev–Trinajstić information content (AvgIpc) is 3.77. The van der Waals surface area contributed by atoms with E-state index in [1.807, 2.05) is 52.8 Å². The Bertz CT molecular complexity index is 1110. The van der Waals surface area contributed by atoms with E-state index in [9.17, 15) is 24.9 Å². The Hall–Kier alpha value is -2.24. The number of epoxide rings is 1. The third-order valence-electron chi connectivity index (χ3n) is 10.5. The van der Waals surface area contributed by atoms with E-state index in [0.29, 0.717) is 31.6 Å². The van der Waals surface area contributed by atoms with Crippen molar-refractivity contribution in [1.82, 2.24) is 10.2 Å². The molecule has 0 aromatic rings. The molecule has 5 heterocycles. The molecule has 0 radical (unpaired) electrons. The fraction of sp³-hybridized carbons (Fsp3) is 0.778. The predicted octanol–water partition coefficient (Wildman–Crippen LogP) is 4.28. The lowest BCUT2D eigenvalue weighted by Crippen LogP contribution is -2.57. The minimum Gasteiger partial charge on any atom is -0.457 e. The standard InChI is InChI=1S/C36H58N2O8/c1-7-29(40)25(5)34-31(44-34)20-36(6,43)16-8-9-23(3)33-24(4)11-13-30(22(2)10-12-27(39)19-32(41)46-33)45-35(42)37-28-21-38-17-14-26(28)15-18-38/h8-9,11,13,16,22,24-31,33-34,39-40,43H,7,10,12,14-15,17-21H2,1-6H3,(H,37,42)/b13-11-,16-8+,23-9+. The number of esters is 1. The Morgan fingerprint density at radius 3 is 2.59 bits per heavy atom. The van der Waals surface area contributed by atoms with Crippen molar-refractivity contribution in [2.45, 2.75) is 135 Å². The van der Waals surface area contributed by atoms with E-state index in [2.05, 4.69) is 10.2 Å². The Labute approximate surface area is 275 Å². The van der Waals surface area contributed by atoms with E-state index >= 15 is 0 Å². The van der Waals surface area contributed by atoms with Crippen molar-refractivity contribution in [3.8, 4) is 0 Å². The smallest absolute Gasteiger partial charge is 0.408 e. The zero-order chi connectivity index (χ0) is 33.6. The number of fused-ring (bicyclic) bond motifs is 3. The molecule has 10 nitrogen and oxygen atoms in total. The van der Waals surface area contributed by atoms with Crippen LogP contribution in [-0.4, -0.2) is 100 Å². The highest BCUT2D eigenvalue weighted by molar-refractivity contribution is 5.70. The second-order valence-corrected chi connectivity index (χ2v) is 14.6. The lowest BCUT2D eigenvalue weighted by Gasteiger charge is -2.44. The topological polar surface area (TPSA) is 141 Å². The first-order chi connectivity index (χ1) is 21.8. The van der Waals surface area contributed by atoms with Crippen LogP contribution in [0.4, 0.5) is 4.79 Å². The molecule has 0 spiro atoms. The van der Waals surface area contributed by atoms with E-state index < -0.39 is 42.1 Å². The van der Waals surface area contributed by atoms with Gasteiger partial charge in [0.05, 0.1) is 36.4 Å². The van der Waals surface area contributed by atoms with Crippen LogP contribution in [0, 0.1) is 23.7 Å². The molecule has 4 fully saturated rings. The molecule has 5 rings (SSSR count). The van der Waals surface area contributed by atoms with Gasteiger partial charge in [-0.1, -0.05) is 52.0 Å². The summed E-state index contributed by atoms with van der Waals surface area (Å²) in [6.07, 6.45) is 10.2. The molecule has 0 aromatic carbocycles. The van der Waals surface area contributed by atoms with Crippen molar-refractivity contribution in [2.24, 2.45) is 23.7 Å². The molecule has 2 bridgehead atoms. The van der Waals surface area contributed by atoms with E-state index in [1.54, 1.807) is 19.1 Å². The summed E-state index contributed by atoms with van der Waals surface area (Å²) in [6, 6.07) is 0.0995. The third-order valence-corrected chi connectivity index (χ3v) is 10.5. The minimum absolute atomic E-state index is 0.00770. The first-order valence-electron chi connectivity index (χ1n) is 17.4. The Balaban J connectivity index is 1.41. The van der Waals surface area contributed by atoms with Gasteiger partial charge in [-0.05, 0) is 82.5 Å². The van der Waals surface area contributed by atoms with Crippen molar-refractivity contribution >= 4 is 12.1 Å². The van der Waals surface area contributed by atoms with Crippen LogP contribution in [0.3, 0.4) is 0 Å². The quantitative estimate of drug-likeness (QED) is 0.119. The molecule has 4 N–H and O–H groups in total. The van der Waals surface area contributed by atoms with Crippen LogP contribution in [0.5, 0.6) is 0 Å². The molecular formula is C36H58N2O8. The summed E-state index contributed by atoms with van der Waals surface area (Å²) in [5, 5.41) is 34.9. The van der Waals surface area contributed by atoms with Gasteiger partial charge in [0.1, 0.15) is 12.2 Å². The number of nitrogens with one attached hydrogen (secondary N) is 1. The Morgan fingerprint density at radius 2 is 1.93 bits per heavy atom. The number of alkyl carbamates (subject to hydrolysis) is 1. The highest BCUT2D eigenvalue weighted by atomic mass is 16.6. The van der Waals surface area contributed by atoms with Crippen molar-refractivity contribution in [1.29, 1.82) is 0 Å². The summed E-state index contributed by atoms with van der Waals surface area (Å²) in [7, 11) is 0. The largest absolute Gasteiger partial charge is 0.457 e. The van der Waals surface area contributed by atoms with E-state index in [1.165, 1.54) is 0 Å². The van der Waals surface area contributed by atoms with Crippen molar-refractivity contribution < 1.29 is 39.1 Å². The normalized spacial score (nSPS) is 38.9.